The molecule has 5 nitrogen and oxygen atoms in total. The number of benzene rings is 1. The topological polar surface area (TPSA) is 69.7 Å². The van der Waals surface area contributed by atoms with E-state index in [1.807, 2.05) is 6.92 Å². The van der Waals surface area contributed by atoms with Crippen LogP contribution in [0.5, 0.6) is 0 Å². The first-order valence-electron chi connectivity index (χ1n) is 5.57. The molecule has 0 aliphatic rings. The van der Waals surface area contributed by atoms with Gasteiger partial charge in [-0.2, -0.15) is 8.42 Å². The van der Waals surface area contributed by atoms with Crippen molar-refractivity contribution < 1.29 is 22.1 Å². The molecule has 18 heavy (non-hydrogen) atoms. The molecule has 0 radical (unpaired) electrons. The standard InChI is InChI=1S/C12H16O5S/c1-3-12(13)16-8-9-17-18(14,15)11-6-4-10(2)5-7-11/h4-7H,3,8-9H2,1-2H3. The molecule has 1 aromatic rings. The maximum absolute atomic E-state index is 11.7. The maximum Gasteiger partial charge on any atom is 0.305 e. The van der Waals surface area contributed by atoms with E-state index in [2.05, 4.69) is 0 Å². The van der Waals surface area contributed by atoms with Gasteiger partial charge >= 0.3 is 5.97 Å². The predicted molar refractivity (Wildman–Crippen MR) is 65.6 cm³/mol. The maximum atomic E-state index is 11.7. The molecule has 0 N–H and O–H groups in total. The molecular formula is C12H16O5S. The number of carbonyl (C=O) groups excluding carboxylic acids is 1. The predicted octanol–water partition coefficient (Wildman–Crippen LogP) is 1.65. The molecule has 0 bridgehead atoms. The summed E-state index contributed by atoms with van der Waals surface area (Å²) in [7, 11) is -3.77. The Kier molecular flexibility index (Phi) is 5.30. The van der Waals surface area contributed by atoms with Crippen molar-refractivity contribution in [1.29, 1.82) is 0 Å². The van der Waals surface area contributed by atoms with Gasteiger partial charge in [-0.1, -0.05) is 24.6 Å². The molecule has 0 amide bonds. The summed E-state index contributed by atoms with van der Waals surface area (Å²) in [5.41, 5.74) is 0.964. The minimum atomic E-state index is -3.77. The van der Waals surface area contributed by atoms with Gasteiger partial charge in [0.25, 0.3) is 10.1 Å². The average molecular weight is 272 g/mol. The van der Waals surface area contributed by atoms with E-state index in [0.717, 1.165) is 5.56 Å². The summed E-state index contributed by atoms with van der Waals surface area (Å²) < 4.78 is 32.8. The number of carbonyl (C=O) groups is 1. The van der Waals surface area contributed by atoms with E-state index in [0.29, 0.717) is 0 Å². The first-order chi connectivity index (χ1) is 8.45. The molecule has 1 rings (SSSR count). The van der Waals surface area contributed by atoms with Crippen LogP contribution in [0.2, 0.25) is 0 Å². The molecule has 0 saturated heterocycles. The fourth-order valence-corrected chi connectivity index (χ4v) is 2.07. The Morgan fingerprint density at radius 3 is 2.33 bits per heavy atom. The average Bonchev–Trinajstić information content (AvgIpc) is 2.35. The van der Waals surface area contributed by atoms with Crippen molar-refractivity contribution in [3.8, 4) is 0 Å². The molecule has 0 atom stereocenters. The second kappa shape index (κ2) is 6.51. The molecular weight excluding hydrogens is 256 g/mol. The van der Waals surface area contributed by atoms with E-state index in [1.165, 1.54) is 12.1 Å². The normalized spacial score (nSPS) is 11.2. The van der Waals surface area contributed by atoms with Gasteiger partial charge in [-0.25, -0.2) is 0 Å². The van der Waals surface area contributed by atoms with Crippen LogP contribution >= 0.6 is 0 Å². The Morgan fingerprint density at radius 1 is 1.17 bits per heavy atom. The number of esters is 1. The van der Waals surface area contributed by atoms with Crippen molar-refractivity contribution in [2.75, 3.05) is 13.2 Å². The summed E-state index contributed by atoms with van der Waals surface area (Å²) in [4.78, 5) is 10.9. The zero-order valence-electron chi connectivity index (χ0n) is 10.4. The molecule has 0 saturated carbocycles. The highest BCUT2D eigenvalue weighted by molar-refractivity contribution is 7.86. The quantitative estimate of drug-likeness (QED) is 0.447. The molecule has 100 valence electrons. The lowest BCUT2D eigenvalue weighted by Crippen LogP contribution is -2.14. The number of rotatable bonds is 6. The first kappa shape index (κ1) is 14.7. The van der Waals surface area contributed by atoms with Gasteiger partial charge in [0.05, 0.1) is 4.90 Å². The summed E-state index contributed by atoms with van der Waals surface area (Å²) in [6, 6.07) is 6.33. The SMILES string of the molecule is CCC(=O)OCCOS(=O)(=O)c1ccc(C)cc1. The highest BCUT2D eigenvalue weighted by atomic mass is 32.2. The summed E-state index contributed by atoms with van der Waals surface area (Å²) in [5.74, 6) is -0.383. The van der Waals surface area contributed by atoms with Crippen LogP contribution in [-0.2, 0) is 23.8 Å². The Bertz CT molecular complexity index is 490. The van der Waals surface area contributed by atoms with Crippen LogP contribution < -0.4 is 0 Å². The van der Waals surface area contributed by atoms with Crippen LogP contribution in [-0.4, -0.2) is 27.6 Å². The lowest BCUT2D eigenvalue weighted by Gasteiger charge is -2.06. The van der Waals surface area contributed by atoms with Crippen molar-refractivity contribution in [2.45, 2.75) is 25.2 Å². The Morgan fingerprint density at radius 2 is 1.78 bits per heavy atom. The molecule has 0 fully saturated rings. The number of ether oxygens (including phenoxy) is 1. The summed E-state index contributed by atoms with van der Waals surface area (Å²) in [5, 5.41) is 0. The lowest BCUT2D eigenvalue weighted by molar-refractivity contribution is -0.143. The van der Waals surface area contributed by atoms with Gasteiger partial charge in [-0.05, 0) is 19.1 Å². The van der Waals surface area contributed by atoms with Crippen LogP contribution in [0.1, 0.15) is 18.9 Å². The molecule has 1 aromatic carbocycles. The van der Waals surface area contributed by atoms with Crippen molar-refractivity contribution in [1.82, 2.24) is 0 Å². The van der Waals surface area contributed by atoms with E-state index in [4.69, 9.17) is 8.92 Å². The molecule has 0 spiro atoms. The van der Waals surface area contributed by atoms with Crippen LogP contribution in [0.3, 0.4) is 0 Å². The third kappa shape index (κ3) is 4.46. The molecule has 0 unspecified atom stereocenters. The lowest BCUT2D eigenvalue weighted by atomic mass is 10.2. The summed E-state index contributed by atoms with van der Waals surface area (Å²) in [6.45, 7) is 3.27. The van der Waals surface area contributed by atoms with Crippen molar-refractivity contribution in [3.63, 3.8) is 0 Å². The van der Waals surface area contributed by atoms with Gasteiger partial charge in [0.2, 0.25) is 0 Å². The first-order valence-corrected chi connectivity index (χ1v) is 6.98. The number of aryl methyl sites for hydroxylation is 1. The van der Waals surface area contributed by atoms with Gasteiger partial charge in [-0.15, -0.1) is 0 Å². The van der Waals surface area contributed by atoms with Gasteiger partial charge in [0.1, 0.15) is 13.2 Å². The van der Waals surface area contributed by atoms with E-state index < -0.39 is 10.1 Å². The summed E-state index contributed by atoms with van der Waals surface area (Å²) in [6.07, 6.45) is 0.255. The van der Waals surface area contributed by atoms with Crippen LogP contribution in [0.4, 0.5) is 0 Å². The minimum Gasteiger partial charge on any atom is -0.463 e. The minimum absolute atomic E-state index is 0.0717. The van der Waals surface area contributed by atoms with Crippen molar-refractivity contribution >= 4 is 16.1 Å². The van der Waals surface area contributed by atoms with Crippen molar-refractivity contribution in [3.05, 3.63) is 29.8 Å². The fourth-order valence-electron chi connectivity index (χ4n) is 1.17. The largest absolute Gasteiger partial charge is 0.463 e. The highest BCUT2D eigenvalue weighted by Gasteiger charge is 2.14. The van der Waals surface area contributed by atoms with E-state index >= 15 is 0 Å². The van der Waals surface area contributed by atoms with Crippen LogP contribution in [0.15, 0.2) is 29.2 Å². The van der Waals surface area contributed by atoms with E-state index in [-0.39, 0.29) is 30.5 Å². The molecule has 0 heterocycles. The second-order valence-electron chi connectivity index (χ2n) is 3.66. The van der Waals surface area contributed by atoms with Gasteiger partial charge in [0, 0.05) is 6.42 Å². The van der Waals surface area contributed by atoms with Gasteiger partial charge in [-0.3, -0.25) is 8.98 Å². The smallest absolute Gasteiger partial charge is 0.305 e. The Balaban J connectivity index is 2.50. The third-order valence-electron chi connectivity index (χ3n) is 2.18. The van der Waals surface area contributed by atoms with Crippen LogP contribution in [0, 0.1) is 6.92 Å². The van der Waals surface area contributed by atoms with E-state index in [9.17, 15) is 13.2 Å². The van der Waals surface area contributed by atoms with Gasteiger partial charge in [0.15, 0.2) is 0 Å². The molecule has 0 aliphatic heterocycles. The van der Waals surface area contributed by atoms with E-state index in [1.54, 1.807) is 19.1 Å². The zero-order chi connectivity index (χ0) is 13.6. The summed E-state index contributed by atoms with van der Waals surface area (Å²) >= 11 is 0. The Hall–Kier alpha value is -1.40. The highest BCUT2D eigenvalue weighted by Crippen LogP contribution is 2.12. The van der Waals surface area contributed by atoms with Crippen LogP contribution in [0.25, 0.3) is 0 Å². The third-order valence-corrected chi connectivity index (χ3v) is 3.51. The molecule has 6 heteroatoms. The van der Waals surface area contributed by atoms with Gasteiger partial charge < -0.3 is 4.74 Å². The Labute approximate surface area is 107 Å². The number of hydrogen-bond acceptors (Lipinski definition) is 5. The second-order valence-corrected chi connectivity index (χ2v) is 5.28. The van der Waals surface area contributed by atoms with Crippen molar-refractivity contribution in [2.24, 2.45) is 0 Å². The monoisotopic (exact) mass is 272 g/mol. The number of hydrogen-bond donors (Lipinski definition) is 0. The zero-order valence-corrected chi connectivity index (χ0v) is 11.2. The molecule has 0 aromatic heterocycles. The molecule has 0 aliphatic carbocycles. The fraction of sp³-hybridized carbons (Fsp3) is 0.417.